The van der Waals surface area contributed by atoms with Gasteiger partial charge in [-0.1, -0.05) is 29.3 Å². The maximum Gasteiger partial charge on any atom is 0.235 e. The molecule has 152 valence electrons. The molecular weight excluding hydrogens is 439 g/mol. The first kappa shape index (κ1) is 19.4. The standard InChI is InChI=1S/C22H18Cl2N4OS/c23-17-6-1-13(11-18(17)24)22(8-9-22)21(29)27-14-2-4-15(5-3-14)28-12-26-20-16(19(28)25)7-10-30-20/h1-7,10-11H,8-9,12,25H2,(H,27,29). The molecule has 1 aromatic heterocycles. The third-order valence-electron chi connectivity index (χ3n) is 5.66. The van der Waals surface area contributed by atoms with Crippen LogP contribution in [0.2, 0.25) is 10.0 Å². The van der Waals surface area contributed by atoms with E-state index in [1.807, 2.05) is 46.7 Å². The lowest BCUT2D eigenvalue weighted by Crippen LogP contribution is -2.41. The van der Waals surface area contributed by atoms with Gasteiger partial charge in [-0.15, -0.1) is 11.3 Å². The molecule has 0 atom stereocenters. The van der Waals surface area contributed by atoms with Crippen LogP contribution in [0.3, 0.4) is 0 Å². The van der Waals surface area contributed by atoms with Crippen molar-refractivity contribution in [3.8, 4) is 0 Å². The molecule has 1 aliphatic carbocycles. The van der Waals surface area contributed by atoms with Gasteiger partial charge in [-0.3, -0.25) is 9.79 Å². The Bertz CT molecular complexity index is 1270. The summed E-state index contributed by atoms with van der Waals surface area (Å²) < 4.78 is 0.963. The number of anilines is 2. The number of benzene rings is 2. The number of fused-ring (bicyclic) bond motifs is 1. The highest BCUT2D eigenvalue weighted by molar-refractivity contribution is 7.07. The number of carbonyl (C=O) groups excluding carboxylic acids is 1. The summed E-state index contributed by atoms with van der Waals surface area (Å²) in [7, 11) is 0. The maximum absolute atomic E-state index is 13.0. The van der Waals surface area contributed by atoms with Gasteiger partial charge in [0, 0.05) is 11.4 Å². The second-order valence-corrected chi connectivity index (χ2v) is 9.17. The predicted molar refractivity (Wildman–Crippen MR) is 122 cm³/mol. The molecule has 1 aliphatic heterocycles. The van der Waals surface area contributed by atoms with Gasteiger partial charge in [0.25, 0.3) is 0 Å². The first-order valence-corrected chi connectivity index (χ1v) is 11.1. The van der Waals surface area contributed by atoms with Crippen molar-refractivity contribution >= 4 is 57.6 Å². The van der Waals surface area contributed by atoms with Gasteiger partial charge in [0.2, 0.25) is 5.91 Å². The van der Waals surface area contributed by atoms with E-state index in [1.54, 1.807) is 23.5 Å². The predicted octanol–water partition coefficient (Wildman–Crippen LogP) is 3.85. The largest absolute Gasteiger partial charge is 0.384 e. The molecule has 2 aromatic carbocycles. The molecule has 0 saturated heterocycles. The number of hydrogen-bond acceptors (Lipinski definition) is 5. The summed E-state index contributed by atoms with van der Waals surface area (Å²) >= 11 is 13.8. The van der Waals surface area contributed by atoms with Crippen LogP contribution >= 0.6 is 34.5 Å². The fraction of sp³-hybridized carbons (Fsp3) is 0.182. The van der Waals surface area contributed by atoms with Gasteiger partial charge in [-0.2, -0.15) is 0 Å². The summed E-state index contributed by atoms with van der Waals surface area (Å²) in [6, 6.07) is 15.0. The normalized spacial score (nSPS) is 16.6. The summed E-state index contributed by atoms with van der Waals surface area (Å²) in [6.45, 7) is 0.478. The summed E-state index contributed by atoms with van der Waals surface area (Å²) in [5.41, 5.74) is 8.36. The number of nitrogens with one attached hydrogen (secondary N) is 1. The third kappa shape index (κ3) is 3.25. The summed E-state index contributed by atoms with van der Waals surface area (Å²) in [5, 5.41) is 6.94. The van der Waals surface area contributed by atoms with Crippen molar-refractivity contribution < 1.29 is 4.79 Å². The van der Waals surface area contributed by atoms with E-state index in [0.29, 0.717) is 22.5 Å². The van der Waals surface area contributed by atoms with Crippen molar-refractivity contribution in [2.24, 2.45) is 10.7 Å². The zero-order chi connectivity index (χ0) is 20.9. The second-order valence-electron chi connectivity index (χ2n) is 7.46. The minimum absolute atomic E-state index is 0.0318. The Morgan fingerprint density at radius 1 is 1.10 bits per heavy atom. The van der Waals surface area contributed by atoms with Gasteiger partial charge < -0.3 is 16.0 Å². The van der Waals surface area contributed by atoms with Crippen LogP contribution < -0.4 is 25.8 Å². The maximum atomic E-state index is 13.0. The average molecular weight is 457 g/mol. The van der Waals surface area contributed by atoms with E-state index < -0.39 is 5.41 Å². The summed E-state index contributed by atoms with van der Waals surface area (Å²) in [6.07, 6.45) is 1.58. The molecule has 0 radical (unpaired) electrons. The van der Waals surface area contributed by atoms with Crippen LogP contribution in [0.5, 0.6) is 0 Å². The molecule has 2 heterocycles. The van der Waals surface area contributed by atoms with Gasteiger partial charge in [-0.25, -0.2) is 0 Å². The molecule has 1 saturated carbocycles. The molecule has 2 aliphatic rings. The molecule has 0 bridgehead atoms. The molecule has 8 heteroatoms. The van der Waals surface area contributed by atoms with Crippen LogP contribution in [0, 0.1) is 0 Å². The Balaban J connectivity index is 1.34. The Morgan fingerprint density at radius 2 is 1.87 bits per heavy atom. The van der Waals surface area contributed by atoms with Crippen molar-refractivity contribution in [2.45, 2.75) is 18.3 Å². The fourth-order valence-electron chi connectivity index (χ4n) is 3.74. The third-order valence-corrected chi connectivity index (χ3v) is 7.24. The van der Waals surface area contributed by atoms with Gasteiger partial charge in [0.1, 0.15) is 17.2 Å². The van der Waals surface area contributed by atoms with Crippen LogP contribution in [0.1, 0.15) is 18.4 Å². The lowest BCUT2D eigenvalue weighted by Gasteiger charge is -2.25. The number of carbonyl (C=O) groups is 1. The van der Waals surface area contributed by atoms with Gasteiger partial charge >= 0.3 is 0 Å². The molecule has 30 heavy (non-hydrogen) atoms. The van der Waals surface area contributed by atoms with Crippen LogP contribution in [-0.4, -0.2) is 12.6 Å². The SMILES string of the molecule is NC1=c2ccsc2=NCN1c1ccc(NC(=O)C2(c3ccc(Cl)c(Cl)c3)CC2)cc1. The van der Waals surface area contributed by atoms with E-state index in [9.17, 15) is 4.79 Å². The first-order chi connectivity index (χ1) is 14.5. The Kier molecular flexibility index (Phi) is 4.73. The Hall–Kier alpha value is -2.54. The average Bonchev–Trinajstić information content (AvgIpc) is 3.42. The van der Waals surface area contributed by atoms with E-state index in [4.69, 9.17) is 28.9 Å². The lowest BCUT2D eigenvalue weighted by molar-refractivity contribution is -0.118. The van der Waals surface area contributed by atoms with Crippen molar-refractivity contribution in [3.05, 3.63) is 79.4 Å². The molecule has 0 unspecified atom stereocenters. The fourth-order valence-corrected chi connectivity index (χ4v) is 4.80. The van der Waals surface area contributed by atoms with Crippen LogP contribution in [-0.2, 0) is 10.2 Å². The van der Waals surface area contributed by atoms with Crippen molar-refractivity contribution in [1.29, 1.82) is 0 Å². The number of amides is 1. The number of thiophene rings is 1. The topological polar surface area (TPSA) is 70.7 Å². The van der Waals surface area contributed by atoms with Crippen molar-refractivity contribution in [3.63, 3.8) is 0 Å². The van der Waals surface area contributed by atoms with Gasteiger partial charge in [0.15, 0.2) is 0 Å². The van der Waals surface area contributed by atoms with E-state index in [1.165, 1.54) is 0 Å². The van der Waals surface area contributed by atoms with Crippen molar-refractivity contribution in [2.75, 3.05) is 16.9 Å². The number of halogens is 2. The van der Waals surface area contributed by atoms with E-state index >= 15 is 0 Å². The van der Waals surface area contributed by atoms with Crippen LogP contribution in [0.15, 0.2) is 58.9 Å². The number of nitrogens with two attached hydrogens (primary N) is 1. The summed E-state index contributed by atoms with van der Waals surface area (Å²) in [4.78, 5) is 19.5. The quantitative estimate of drug-likeness (QED) is 0.626. The molecule has 5 rings (SSSR count). The lowest BCUT2D eigenvalue weighted by atomic mass is 9.95. The van der Waals surface area contributed by atoms with Crippen LogP contribution in [0.25, 0.3) is 5.82 Å². The van der Waals surface area contributed by atoms with E-state index in [0.717, 1.165) is 39.7 Å². The molecule has 1 amide bonds. The van der Waals surface area contributed by atoms with E-state index in [-0.39, 0.29) is 5.91 Å². The summed E-state index contributed by atoms with van der Waals surface area (Å²) in [5.74, 6) is 0.658. The number of nitrogens with zero attached hydrogens (tertiary/aromatic N) is 2. The minimum atomic E-state index is -0.536. The minimum Gasteiger partial charge on any atom is -0.384 e. The number of hydrogen-bond donors (Lipinski definition) is 2. The molecular formula is C22H18Cl2N4OS. The van der Waals surface area contributed by atoms with Crippen LogP contribution in [0.4, 0.5) is 11.4 Å². The first-order valence-electron chi connectivity index (χ1n) is 9.50. The van der Waals surface area contributed by atoms with Crippen molar-refractivity contribution in [1.82, 2.24) is 0 Å². The highest BCUT2D eigenvalue weighted by Crippen LogP contribution is 2.50. The molecule has 3 aromatic rings. The smallest absolute Gasteiger partial charge is 0.235 e. The zero-order valence-electron chi connectivity index (χ0n) is 15.9. The Morgan fingerprint density at radius 3 is 2.57 bits per heavy atom. The highest BCUT2D eigenvalue weighted by atomic mass is 35.5. The zero-order valence-corrected chi connectivity index (χ0v) is 18.2. The van der Waals surface area contributed by atoms with Gasteiger partial charge in [0.05, 0.1) is 20.7 Å². The Labute approximate surface area is 187 Å². The molecule has 0 spiro atoms. The molecule has 1 fully saturated rings. The van der Waals surface area contributed by atoms with E-state index in [2.05, 4.69) is 10.3 Å². The molecule has 5 nitrogen and oxygen atoms in total. The monoisotopic (exact) mass is 456 g/mol. The molecule has 3 N–H and O–H groups in total. The van der Waals surface area contributed by atoms with Gasteiger partial charge in [-0.05, 0) is 66.2 Å². The number of rotatable bonds is 4. The highest BCUT2D eigenvalue weighted by Gasteiger charge is 2.51. The second kappa shape index (κ2) is 7.30.